The number of piperazine rings is 1. The molecular weight excluding hydrogens is 349 g/mol. The fourth-order valence-electron chi connectivity index (χ4n) is 4.00. The van der Waals surface area contributed by atoms with Gasteiger partial charge in [-0.05, 0) is 80.1 Å². The first kappa shape index (κ1) is 18.9. The highest BCUT2D eigenvalue weighted by Crippen LogP contribution is 2.31. The van der Waals surface area contributed by atoms with E-state index in [1.54, 1.807) is 12.1 Å². The van der Waals surface area contributed by atoms with E-state index in [1.165, 1.54) is 16.8 Å². The minimum absolute atomic E-state index is 0.202. The van der Waals surface area contributed by atoms with Gasteiger partial charge in [0.15, 0.2) is 0 Å². The molecule has 3 aromatic rings. The molecule has 1 aliphatic rings. The zero-order valence-electron chi connectivity index (χ0n) is 17.0. The predicted octanol–water partition coefficient (Wildman–Crippen LogP) is 4.65. The average Bonchev–Trinajstić information content (AvgIpc) is 3.00. The number of hydrogen-bond acceptors (Lipinski definition) is 2. The first-order chi connectivity index (χ1) is 13.5. The van der Waals surface area contributed by atoms with Gasteiger partial charge in [0.05, 0.1) is 5.69 Å². The lowest BCUT2D eigenvalue weighted by Gasteiger charge is -2.32. The Balaban J connectivity index is 1.76. The van der Waals surface area contributed by atoms with Crippen molar-refractivity contribution in [1.82, 2.24) is 14.4 Å². The number of likely N-dealkylation sites (N-methyl/N-ethyl adjacent to an activating group) is 1. The second-order valence-corrected chi connectivity index (χ2v) is 7.90. The van der Waals surface area contributed by atoms with Gasteiger partial charge >= 0.3 is 0 Å². The van der Waals surface area contributed by atoms with E-state index < -0.39 is 0 Å². The Morgan fingerprint density at radius 1 is 0.893 bits per heavy atom. The number of halogens is 1. The Morgan fingerprint density at radius 2 is 1.61 bits per heavy atom. The lowest BCUT2D eigenvalue weighted by molar-refractivity contribution is 0.148. The third kappa shape index (κ3) is 3.89. The van der Waals surface area contributed by atoms with Crippen molar-refractivity contribution in [1.29, 1.82) is 0 Å². The average molecular weight is 378 g/mol. The maximum Gasteiger partial charge on any atom is 0.123 e. The van der Waals surface area contributed by atoms with Crippen LogP contribution in [0.15, 0.2) is 54.6 Å². The van der Waals surface area contributed by atoms with E-state index in [2.05, 4.69) is 65.6 Å². The highest BCUT2D eigenvalue weighted by Gasteiger charge is 2.19. The van der Waals surface area contributed by atoms with Crippen molar-refractivity contribution >= 4 is 0 Å². The van der Waals surface area contributed by atoms with Crippen molar-refractivity contribution in [2.45, 2.75) is 20.4 Å². The number of nitrogens with zero attached hydrogens (tertiary/aromatic N) is 3. The molecule has 0 bridgehead atoms. The first-order valence-corrected chi connectivity index (χ1v) is 9.96. The summed E-state index contributed by atoms with van der Waals surface area (Å²) >= 11 is 0. The maximum atomic E-state index is 13.5. The van der Waals surface area contributed by atoms with E-state index in [9.17, 15) is 4.39 Å². The van der Waals surface area contributed by atoms with Crippen molar-refractivity contribution < 1.29 is 4.39 Å². The largest absolute Gasteiger partial charge is 0.314 e. The molecule has 0 radical (unpaired) electrons. The van der Waals surface area contributed by atoms with Gasteiger partial charge < -0.3 is 9.47 Å². The lowest BCUT2D eigenvalue weighted by atomic mass is 10.1. The van der Waals surface area contributed by atoms with E-state index in [-0.39, 0.29) is 5.82 Å². The maximum absolute atomic E-state index is 13.5. The van der Waals surface area contributed by atoms with Crippen LogP contribution in [-0.2, 0) is 6.54 Å². The molecule has 3 nitrogen and oxygen atoms in total. The highest BCUT2D eigenvalue weighted by molar-refractivity contribution is 5.66. The predicted molar refractivity (Wildman–Crippen MR) is 113 cm³/mol. The monoisotopic (exact) mass is 377 g/mol. The zero-order valence-corrected chi connectivity index (χ0v) is 17.0. The van der Waals surface area contributed by atoms with E-state index in [0.717, 1.165) is 49.7 Å². The first-order valence-electron chi connectivity index (χ1n) is 9.96. The smallest absolute Gasteiger partial charge is 0.123 e. The van der Waals surface area contributed by atoms with Crippen molar-refractivity contribution in [2.75, 3.05) is 33.2 Å². The van der Waals surface area contributed by atoms with Crippen LogP contribution < -0.4 is 0 Å². The number of aryl methyl sites for hydroxylation is 1. The van der Waals surface area contributed by atoms with Gasteiger partial charge in [0.2, 0.25) is 0 Å². The van der Waals surface area contributed by atoms with Gasteiger partial charge in [0.1, 0.15) is 5.82 Å². The standard InChI is InChI=1S/C24H28FN3/c1-18-5-4-6-23(15-18)28-19(2)21(17-27-13-11-26(3)12-14-27)16-24(28)20-7-9-22(25)10-8-20/h4-10,15-16H,11-14,17H2,1-3H3. The van der Waals surface area contributed by atoms with Gasteiger partial charge in [-0.2, -0.15) is 0 Å². The third-order valence-corrected chi connectivity index (χ3v) is 5.74. The topological polar surface area (TPSA) is 11.4 Å². The SMILES string of the molecule is Cc1cccc(-n2c(-c3ccc(F)cc3)cc(CN3CCN(C)CC3)c2C)c1. The summed E-state index contributed by atoms with van der Waals surface area (Å²) in [5, 5.41) is 0. The van der Waals surface area contributed by atoms with Crippen molar-refractivity contribution in [3.63, 3.8) is 0 Å². The normalized spacial score (nSPS) is 15.9. The second kappa shape index (κ2) is 7.90. The van der Waals surface area contributed by atoms with Gasteiger partial charge in [0.25, 0.3) is 0 Å². The summed E-state index contributed by atoms with van der Waals surface area (Å²) in [4.78, 5) is 4.91. The summed E-state index contributed by atoms with van der Waals surface area (Å²) in [5.74, 6) is -0.202. The minimum atomic E-state index is -0.202. The Bertz CT molecular complexity index is 950. The number of hydrogen-bond donors (Lipinski definition) is 0. The number of rotatable bonds is 4. The molecule has 1 aliphatic heterocycles. The second-order valence-electron chi connectivity index (χ2n) is 7.90. The highest BCUT2D eigenvalue weighted by atomic mass is 19.1. The molecule has 1 aromatic heterocycles. The van der Waals surface area contributed by atoms with Gasteiger partial charge in [0, 0.05) is 44.1 Å². The summed E-state index contributed by atoms with van der Waals surface area (Å²) < 4.78 is 15.8. The number of aromatic nitrogens is 1. The summed E-state index contributed by atoms with van der Waals surface area (Å²) in [5.41, 5.74) is 7.13. The molecule has 4 heteroatoms. The molecule has 0 aliphatic carbocycles. The summed E-state index contributed by atoms with van der Waals surface area (Å²) in [6.07, 6.45) is 0. The molecule has 4 rings (SSSR count). The van der Waals surface area contributed by atoms with E-state index >= 15 is 0 Å². The third-order valence-electron chi connectivity index (χ3n) is 5.74. The van der Waals surface area contributed by atoms with Gasteiger partial charge in [-0.3, -0.25) is 4.90 Å². The molecule has 0 N–H and O–H groups in total. The fraction of sp³-hybridized carbons (Fsp3) is 0.333. The molecule has 28 heavy (non-hydrogen) atoms. The van der Waals surface area contributed by atoms with Crippen LogP contribution in [0.2, 0.25) is 0 Å². The molecule has 2 heterocycles. The molecule has 0 atom stereocenters. The Morgan fingerprint density at radius 3 is 2.29 bits per heavy atom. The minimum Gasteiger partial charge on any atom is -0.314 e. The Hall–Kier alpha value is -2.43. The van der Waals surface area contributed by atoms with Crippen molar-refractivity contribution in [3.8, 4) is 16.9 Å². The summed E-state index contributed by atoms with van der Waals surface area (Å²) in [6, 6.07) is 17.7. The Kier molecular flexibility index (Phi) is 5.33. The van der Waals surface area contributed by atoms with Crippen LogP contribution in [0.1, 0.15) is 16.8 Å². The molecule has 1 saturated heterocycles. The zero-order chi connectivity index (χ0) is 19.7. The molecule has 0 saturated carbocycles. The molecular formula is C24H28FN3. The molecule has 0 spiro atoms. The van der Waals surface area contributed by atoms with Gasteiger partial charge in [-0.25, -0.2) is 4.39 Å². The van der Waals surface area contributed by atoms with Crippen LogP contribution in [0, 0.1) is 19.7 Å². The van der Waals surface area contributed by atoms with Crippen LogP contribution in [0.4, 0.5) is 4.39 Å². The molecule has 1 fully saturated rings. The van der Waals surface area contributed by atoms with Crippen LogP contribution in [0.3, 0.4) is 0 Å². The molecule has 0 amide bonds. The fourth-order valence-corrected chi connectivity index (χ4v) is 4.00. The van der Waals surface area contributed by atoms with Crippen LogP contribution >= 0.6 is 0 Å². The van der Waals surface area contributed by atoms with E-state index in [0.29, 0.717) is 0 Å². The molecule has 2 aromatic carbocycles. The van der Waals surface area contributed by atoms with E-state index in [1.807, 2.05) is 12.1 Å². The van der Waals surface area contributed by atoms with Gasteiger partial charge in [-0.15, -0.1) is 0 Å². The van der Waals surface area contributed by atoms with Crippen LogP contribution in [0.25, 0.3) is 16.9 Å². The van der Waals surface area contributed by atoms with Crippen molar-refractivity contribution in [3.05, 3.63) is 77.2 Å². The summed E-state index contributed by atoms with van der Waals surface area (Å²) in [6.45, 7) is 9.68. The van der Waals surface area contributed by atoms with Crippen LogP contribution in [-0.4, -0.2) is 47.6 Å². The lowest BCUT2D eigenvalue weighted by Crippen LogP contribution is -2.43. The molecule has 0 unspecified atom stereocenters. The number of benzene rings is 2. The van der Waals surface area contributed by atoms with Crippen molar-refractivity contribution in [2.24, 2.45) is 0 Å². The quantitative estimate of drug-likeness (QED) is 0.656. The summed E-state index contributed by atoms with van der Waals surface area (Å²) in [7, 11) is 2.18. The van der Waals surface area contributed by atoms with Gasteiger partial charge in [-0.1, -0.05) is 12.1 Å². The van der Waals surface area contributed by atoms with E-state index in [4.69, 9.17) is 0 Å². The Labute approximate surface area is 167 Å². The van der Waals surface area contributed by atoms with Crippen LogP contribution in [0.5, 0.6) is 0 Å². The molecule has 146 valence electrons.